The molecule has 1 saturated heterocycles. The molecule has 1 aromatic heterocycles. The van der Waals surface area contributed by atoms with Crippen molar-refractivity contribution in [2.75, 3.05) is 38.1 Å². The largest absolute Gasteiger partial charge is 0.353 e. The van der Waals surface area contributed by atoms with Crippen molar-refractivity contribution in [1.29, 1.82) is 0 Å². The molecule has 2 heterocycles. The molecular weight excluding hydrogens is 338 g/mol. The molecule has 1 aliphatic heterocycles. The molecule has 1 amide bonds. The van der Waals surface area contributed by atoms with Crippen LogP contribution in [-0.2, 0) is 0 Å². The number of aromatic nitrogens is 2. The number of piperazine rings is 1. The van der Waals surface area contributed by atoms with Crippen LogP contribution >= 0.6 is 0 Å². The minimum atomic E-state index is -0.103. The van der Waals surface area contributed by atoms with Gasteiger partial charge in [-0.25, -0.2) is 9.97 Å². The fraction of sp³-hybridized carbons (Fsp3) is 0.476. The van der Waals surface area contributed by atoms with E-state index in [0.29, 0.717) is 11.4 Å². The van der Waals surface area contributed by atoms with E-state index >= 15 is 0 Å². The molecule has 0 aliphatic carbocycles. The Balaban J connectivity index is 1.96. The van der Waals surface area contributed by atoms with Crippen LogP contribution in [0.3, 0.4) is 0 Å². The second-order valence-electron chi connectivity index (χ2n) is 7.37. The summed E-state index contributed by atoms with van der Waals surface area (Å²) >= 11 is 0. The number of likely N-dealkylation sites (N-methyl/N-ethyl adjacent to an activating group) is 1. The number of nitrogens with one attached hydrogen (secondary N) is 1. The molecule has 1 unspecified atom stereocenters. The molecule has 27 heavy (non-hydrogen) atoms. The van der Waals surface area contributed by atoms with E-state index in [-0.39, 0.29) is 11.9 Å². The van der Waals surface area contributed by atoms with Crippen LogP contribution in [0.4, 0.5) is 5.82 Å². The lowest BCUT2D eigenvalue weighted by Crippen LogP contribution is -2.46. The number of benzene rings is 1. The highest BCUT2D eigenvalue weighted by Crippen LogP contribution is 2.24. The van der Waals surface area contributed by atoms with Gasteiger partial charge in [0.05, 0.1) is 0 Å². The molecular formula is C21H29N5O. The summed E-state index contributed by atoms with van der Waals surface area (Å²) in [5.74, 6) is 1.28. The highest BCUT2D eigenvalue weighted by molar-refractivity contribution is 5.99. The lowest BCUT2D eigenvalue weighted by Gasteiger charge is -2.34. The van der Waals surface area contributed by atoms with Crippen LogP contribution in [0.15, 0.2) is 30.5 Å². The molecule has 0 spiro atoms. The summed E-state index contributed by atoms with van der Waals surface area (Å²) in [6, 6.07) is 8.28. The lowest BCUT2D eigenvalue weighted by molar-refractivity contribution is 0.0939. The Morgan fingerprint density at radius 3 is 2.48 bits per heavy atom. The molecule has 2 aromatic rings. The molecule has 1 atom stereocenters. The van der Waals surface area contributed by atoms with Gasteiger partial charge in [0.25, 0.3) is 5.91 Å². The number of amides is 1. The molecule has 1 aliphatic rings. The molecule has 3 rings (SSSR count). The Hall–Kier alpha value is -2.47. The number of carbonyl (C=O) groups is 1. The predicted molar refractivity (Wildman–Crippen MR) is 109 cm³/mol. The molecule has 1 fully saturated rings. The number of nitrogens with zero attached hydrogens (tertiary/aromatic N) is 4. The van der Waals surface area contributed by atoms with Crippen molar-refractivity contribution in [2.45, 2.75) is 33.2 Å². The molecule has 6 heteroatoms. The molecule has 0 radical (unpaired) electrons. The Labute approximate surface area is 161 Å². The number of aryl methyl sites for hydroxylation is 1. The van der Waals surface area contributed by atoms with Gasteiger partial charge in [-0.2, -0.15) is 0 Å². The summed E-state index contributed by atoms with van der Waals surface area (Å²) in [5.41, 5.74) is 2.71. The highest BCUT2D eigenvalue weighted by Gasteiger charge is 2.23. The summed E-state index contributed by atoms with van der Waals surface area (Å²) in [6.45, 7) is 9.74. The second kappa shape index (κ2) is 8.48. The number of carbonyl (C=O) groups excluding carboxylic acids is 1. The van der Waals surface area contributed by atoms with Gasteiger partial charge < -0.3 is 15.1 Å². The first-order valence-corrected chi connectivity index (χ1v) is 9.66. The molecule has 1 N–H and O–H groups in total. The minimum Gasteiger partial charge on any atom is -0.353 e. The lowest BCUT2D eigenvalue weighted by atomic mass is 10.1. The predicted octanol–water partition coefficient (Wildman–Crippen LogP) is 2.73. The van der Waals surface area contributed by atoms with Crippen molar-refractivity contribution >= 4 is 11.7 Å². The average Bonchev–Trinajstić information content (AvgIpc) is 2.68. The van der Waals surface area contributed by atoms with Gasteiger partial charge in [0, 0.05) is 44.0 Å². The SMILES string of the molecule is CCC(C)NC(=O)c1cnc(-c2ccc(C)cc2)nc1N1CCN(C)CC1. The standard InChI is InChI=1S/C21H29N5O/c1-5-16(3)23-21(27)18-14-22-19(17-8-6-15(2)7-9-17)24-20(18)26-12-10-25(4)11-13-26/h6-9,14,16H,5,10-13H2,1-4H3,(H,23,27). The maximum absolute atomic E-state index is 12.8. The van der Waals surface area contributed by atoms with Crippen molar-refractivity contribution in [1.82, 2.24) is 20.2 Å². The van der Waals surface area contributed by atoms with E-state index in [9.17, 15) is 4.79 Å². The summed E-state index contributed by atoms with van der Waals surface area (Å²) in [4.78, 5) is 26.6. The third-order valence-corrected chi connectivity index (χ3v) is 5.12. The van der Waals surface area contributed by atoms with Crippen LogP contribution in [0.1, 0.15) is 36.2 Å². The van der Waals surface area contributed by atoms with Gasteiger partial charge in [-0.1, -0.05) is 36.8 Å². The molecule has 0 saturated carbocycles. The van der Waals surface area contributed by atoms with Crippen molar-refractivity contribution < 1.29 is 4.79 Å². The maximum Gasteiger partial charge on any atom is 0.256 e. The zero-order chi connectivity index (χ0) is 19.4. The number of rotatable bonds is 5. The molecule has 144 valence electrons. The number of anilines is 1. The van der Waals surface area contributed by atoms with E-state index in [2.05, 4.69) is 53.1 Å². The van der Waals surface area contributed by atoms with Gasteiger partial charge in [-0.15, -0.1) is 0 Å². The normalized spacial score (nSPS) is 16.2. The summed E-state index contributed by atoms with van der Waals surface area (Å²) in [6.07, 6.45) is 2.56. The summed E-state index contributed by atoms with van der Waals surface area (Å²) in [7, 11) is 2.12. The van der Waals surface area contributed by atoms with Gasteiger partial charge in [0.1, 0.15) is 11.4 Å². The first kappa shape index (κ1) is 19.3. The van der Waals surface area contributed by atoms with Crippen molar-refractivity contribution in [3.8, 4) is 11.4 Å². The van der Waals surface area contributed by atoms with Crippen molar-refractivity contribution in [3.05, 3.63) is 41.6 Å². The van der Waals surface area contributed by atoms with Crippen LogP contribution in [-0.4, -0.2) is 60.0 Å². The van der Waals surface area contributed by atoms with Crippen LogP contribution in [0, 0.1) is 6.92 Å². The number of hydrogen-bond donors (Lipinski definition) is 1. The van der Waals surface area contributed by atoms with Crippen LogP contribution < -0.4 is 10.2 Å². The molecule has 6 nitrogen and oxygen atoms in total. The molecule has 0 bridgehead atoms. The minimum absolute atomic E-state index is 0.103. The summed E-state index contributed by atoms with van der Waals surface area (Å²) < 4.78 is 0. The number of hydrogen-bond acceptors (Lipinski definition) is 5. The van der Waals surface area contributed by atoms with E-state index in [0.717, 1.165) is 44.0 Å². The van der Waals surface area contributed by atoms with E-state index in [1.54, 1.807) is 6.20 Å². The first-order valence-electron chi connectivity index (χ1n) is 9.66. The van der Waals surface area contributed by atoms with Gasteiger partial charge in [-0.3, -0.25) is 4.79 Å². The van der Waals surface area contributed by atoms with Crippen LogP contribution in [0.5, 0.6) is 0 Å². The van der Waals surface area contributed by atoms with Gasteiger partial charge >= 0.3 is 0 Å². The first-order chi connectivity index (χ1) is 13.0. The van der Waals surface area contributed by atoms with Crippen LogP contribution in [0.25, 0.3) is 11.4 Å². The topological polar surface area (TPSA) is 61.4 Å². The van der Waals surface area contributed by atoms with E-state index in [1.807, 2.05) is 19.1 Å². The quantitative estimate of drug-likeness (QED) is 0.880. The van der Waals surface area contributed by atoms with Gasteiger partial charge in [0.2, 0.25) is 0 Å². The van der Waals surface area contributed by atoms with Gasteiger partial charge in [-0.05, 0) is 27.3 Å². The molecule has 1 aromatic carbocycles. The maximum atomic E-state index is 12.8. The van der Waals surface area contributed by atoms with E-state index < -0.39 is 0 Å². The third-order valence-electron chi connectivity index (χ3n) is 5.12. The monoisotopic (exact) mass is 367 g/mol. The van der Waals surface area contributed by atoms with Crippen LogP contribution in [0.2, 0.25) is 0 Å². The van der Waals surface area contributed by atoms with E-state index in [1.165, 1.54) is 5.56 Å². The smallest absolute Gasteiger partial charge is 0.256 e. The zero-order valence-corrected chi connectivity index (χ0v) is 16.7. The average molecular weight is 367 g/mol. The summed E-state index contributed by atoms with van der Waals surface area (Å²) in [5, 5.41) is 3.04. The Bertz CT molecular complexity index is 782. The third kappa shape index (κ3) is 4.63. The van der Waals surface area contributed by atoms with Crippen molar-refractivity contribution in [3.63, 3.8) is 0 Å². The van der Waals surface area contributed by atoms with Gasteiger partial charge in [0.15, 0.2) is 5.82 Å². The fourth-order valence-electron chi connectivity index (χ4n) is 3.04. The zero-order valence-electron chi connectivity index (χ0n) is 16.7. The second-order valence-corrected chi connectivity index (χ2v) is 7.37. The van der Waals surface area contributed by atoms with E-state index in [4.69, 9.17) is 4.98 Å². The Kier molecular flexibility index (Phi) is 6.06. The van der Waals surface area contributed by atoms with Crippen molar-refractivity contribution in [2.24, 2.45) is 0 Å². The Morgan fingerprint density at radius 2 is 1.85 bits per heavy atom. The Morgan fingerprint density at radius 1 is 1.19 bits per heavy atom. The fourth-order valence-corrected chi connectivity index (χ4v) is 3.04. The highest BCUT2D eigenvalue weighted by atomic mass is 16.1.